The van der Waals surface area contributed by atoms with Crippen LogP contribution in [0.1, 0.15) is 57.2 Å². The summed E-state index contributed by atoms with van der Waals surface area (Å²) in [6.45, 7) is 5.98. The Balaban J connectivity index is 1.70. The average Bonchev–Trinajstić information content (AvgIpc) is 3.18. The van der Waals surface area contributed by atoms with Crippen LogP contribution in [0.15, 0.2) is 42.5 Å². The molecule has 0 fully saturated rings. The number of hydrogen-bond acceptors (Lipinski definition) is 5. The van der Waals surface area contributed by atoms with Crippen molar-refractivity contribution in [2.45, 2.75) is 65.3 Å². The molecule has 1 heterocycles. The van der Waals surface area contributed by atoms with E-state index in [9.17, 15) is 14.4 Å². The number of ether oxygens (including phenoxy) is 2. The number of aromatic amines is 1. The molecule has 198 valence electrons. The number of anilines is 1. The number of benzene rings is 2. The number of amides is 2. The number of carbonyl (C=O) groups is 3. The second-order valence-electron chi connectivity index (χ2n) is 9.18. The van der Waals surface area contributed by atoms with E-state index >= 15 is 0 Å². The molecule has 0 saturated carbocycles. The number of rotatable bonds is 14. The Morgan fingerprint density at radius 1 is 1.00 bits per heavy atom. The maximum atomic E-state index is 13.2. The first-order valence-electron chi connectivity index (χ1n) is 12.8. The van der Waals surface area contributed by atoms with E-state index in [2.05, 4.69) is 15.6 Å². The standard InChI is InChI=1S/C29H37N3O5/c1-5-37-22-13-11-21(12-14-22)31-29(35)27(10-8-6-7-9-19(2)33)32-28(34)18-24-20(3)30-26-16-15-23(36-4)17-25(24)26/h11-17,27,30H,5-10,18H2,1-4H3,(H,31,35)(H,32,34). The first kappa shape index (κ1) is 27.8. The van der Waals surface area contributed by atoms with Crippen LogP contribution in [-0.2, 0) is 20.8 Å². The van der Waals surface area contributed by atoms with Gasteiger partial charge in [0.2, 0.25) is 11.8 Å². The van der Waals surface area contributed by atoms with Gasteiger partial charge in [-0.25, -0.2) is 0 Å². The zero-order valence-corrected chi connectivity index (χ0v) is 22.1. The molecule has 0 aliphatic carbocycles. The predicted octanol–water partition coefficient (Wildman–Crippen LogP) is 5.09. The lowest BCUT2D eigenvalue weighted by Crippen LogP contribution is -2.44. The van der Waals surface area contributed by atoms with E-state index in [0.717, 1.165) is 47.2 Å². The molecule has 0 spiro atoms. The van der Waals surface area contributed by atoms with Gasteiger partial charge in [-0.15, -0.1) is 0 Å². The van der Waals surface area contributed by atoms with Gasteiger partial charge in [-0.2, -0.15) is 0 Å². The van der Waals surface area contributed by atoms with Crippen LogP contribution in [0, 0.1) is 6.92 Å². The van der Waals surface area contributed by atoms with Gasteiger partial charge < -0.3 is 29.9 Å². The number of Topliss-reactive ketones (excluding diaryl/α,β-unsaturated/α-hetero) is 1. The van der Waals surface area contributed by atoms with Crippen LogP contribution >= 0.6 is 0 Å². The lowest BCUT2D eigenvalue weighted by atomic mass is 10.0. The van der Waals surface area contributed by atoms with Crippen molar-refractivity contribution in [3.05, 3.63) is 53.7 Å². The molecule has 8 heteroatoms. The van der Waals surface area contributed by atoms with Gasteiger partial charge in [0.05, 0.1) is 20.1 Å². The van der Waals surface area contributed by atoms with Crippen LogP contribution in [0.25, 0.3) is 10.9 Å². The third kappa shape index (κ3) is 8.10. The van der Waals surface area contributed by atoms with Gasteiger partial charge in [0.1, 0.15) is 23.3 Å². The molecule has 3 aromatic rings. The molecule has 0 radical (unpaired) electrons. The first-order valence-corrected chi connectivity index (χ1v) is 12.8. The van der Waals surface area contributed by atoms with Gasteiger partial charge in [-0.1, -0.05) is 12.8 Å². The van der Waals surface area contributed by atoms with Gasteiger partial charge >= 0.3 is 0 Å². The third-order valence-corrected chi connectivity index (χ3v) is 6.27. The normalized spacial score (nSPS) is 11.7. The average molecular weight is 508 g/mol. The van der Waals surface area contributed by atoms with Gasteiger partial charge in [0.25, 0.3) is 0 Å². The lowest BCUT2D eigenvalue weighted by molar-refractivity contribution is -0.126. The Morgan fingerprint density at radius 3 is 2.41 bits per heavy atom. The monoisotopic (exact) mass is 507 g/mol. The van der Waals surface area contributed by atoms with Crippen molar-refractivity contribution in [3.63, 3.8) is 0 Å². The summed E-state index contributed by atoms with van der Waals surface area (Å²) in [5.74, 6) is 1.08. The van der Waals surface area contributed by atoms with E-state index in [1.807, 2.05) is 32.0 Å². The van der Waals surface area contributed by atoms with E-state index in [-0.39, 0.29) is 24.0 Å². The van der Waals surface area contributed by atoms with Gasteiger partial charge in [0.15, 0.2) is 0 Å². The molecule has 0 saturated heterocycles. The molecule has 0 aliphatic rings. The smallest absolute Gasteiger partial charge is 0.246 e. The number of aryl methyl sites for hydroxylation is 1. The number of H-pyrrole nitrogens is 1. The summed E-state index contributed by atoms with van der Waals surface area (Å²) >= 11 is 0. The minimum Gasteiger partial charge on any atom is -0.497 e. The molecule has 1 aromatic heterocycles. The summed E-state index contributed by atoms with van der Waals surface area (Å²) in [7, 11) is 1.61. The Bertz CT molecular complexity index is 1220. The van der Waals surface area contributed by atoms with Gasteiger partial charge in [-0.3, -0.25) is 9.59 Å². The SMILES string of the molecule is CCOc1ccc(NC(=O)C(CCCCCC(C)=O)NC(=O)Cc2c(C)[nH]c3ccc(OC)cc23)cc1. The Kier molecular flexibility index (Phi) is 10.1. The number of methoxy groups -OCH3 is 1. The van der Waals surface area contributed by atoms with Crippen LogP contribution < -0.4 is 20.1 Å². The predicted molar refractivity (Wildman–Crippen MR) is 145 cm³/mol. The summed E-state index contributed by atoms with van der Waals surface area (Å²) in [4.78, 5) is 40.8. The highest BCUT2D eigenvalue weighted by Crippen LogP contribution is 2.27. The van der Waals surface area contributed by atoms with Crippen molar-refractivity contribution >= 4 is 34.2 Å². The fourth-order valence-electron chi connectivity index (χ4n) is 4.32. The Labute approximate surface area is 218 Å². The van der Waals surface area contributed by atoms with Crippen LogP contribution in [-0.4, -0.2) is 42.3 Å². The fourth-order valence-corrected chi connectivity index (χ4v) is 4.32. The van der Waals surface area contributed by atoms with Crippen molar-refractivity contribution in [1.82, 2.24) is 10.3 Å². The molecule has 0 aliphatic heterocycles. The molecule has 37 heavy (non-hydrogen) atoms. The van der Waals surface area contributed by atoms with E-state index in [1.165, 1.54) is 0 Å². The minimum atomic E-state index is -0.698. The molecule has 8 nitrogen and oxygen atoms in total. The number of fused-ring (bicyclic) bond motifs is 1. The summed E-state index contributed by atoms with van der Waals surface area (Å²) in [5, 5.41) is 6.77. The summed E-state index contributed by atoms with van der Waals surface area (Å²) in [6.07, 6.45) is 3.44. The second-order valence-corrected chi connectivity index (χ2v) is 9.18. The van der Waals surface area contributed by atoms with Crippen LogP contribution in [0.3, 0.4) is 0 Å². The van der Waals surface area contributed by atoms with E-state index in [1.54, 1.807) is 38.3 Å². The summed E-state index contributed by atoms with van der Waals surface area (Å²) in [6, 6.07) is 12.1. The molecule has 2 amide bonds. The minimum absolute atomic E-state index is 0.135. The molecule has 1 unspecified atom stereocenters. The maximum Gasteiger partial charge on any atom is 0.246 e. The molecule has 0 bridgehead atoms. The summed E-state index contributed by atoms with van der Waals surface area (Å²) < 4.78 is 10.8. The number of aromatic nitrogens is 1. The molecule has 1 atom stereocenters. The molecule has 3 rings (SSSR count). The second kappa shape index (κ2) is 13.5. The van der Waals surface area contributed by atoms with Crippen LogP contribution in [0.2, 0.25) is 0 Å². The van der Waals surface area contributed by atoms with Crippen LogP contribution in [0.4, 0.5) is 5.69 Å². The van der Waals surface area contributed by atoms with Crippen molar-refractivity contribution in [1.29, 1.82) is 0 Å². The van der Waals surface area contributed by atoms with E-state index in [0.29, 0.717) is 30.9 Å². The van der Waals surface area contributed by atoms with Crippen LogP contribution in [0.5, 0.6) is 11.5 Å². The molecular weight excluding hydrogens is 470 g/mol. The fraction of sp³-hybridized carbons (Fsp3) is 0.414. The number of ketones is 1. The van der Waals surface area contributed by atoms with Gasteiger partial charge in [-0.05, 0) is 81.6 Å². The van der Waals surface area contributed by atoms with Crippen molar-refractivity contribution < 1.29 is 23.9 Å². The van der Waals surface area contributed by atoms with E-state index in [4.69, 9.17) is 9.47 Å². The van der Waals surface area contributed by atoms with E-state index < -0.39 is 6.04 Å². The molecule has 3 N–H and O–H groups in total. The third-order valence-electron chi connectivity index (χ3n) is 6.27. The van der Waals surface area contributed by atoms with Crippen molar-refractivity contribution in [3.8, 4) is 11.5 Å². The molecular formula is C29H37N3O5. The zero-order chi connectivity index (χ0) is 26.8. The Morgan fingerprint density at radius 2 is 1.73 bits per heavy atom. The van der Waals surface area contributed by atoms with Crippen molar-refractivity contribution in [2.24, 2.45) is 0 Å². The highest BCUT2D eigenvalue weighted by Gasteiger charge is 2.22. The lowest BCUT2D eigenvalue weighted by Gasteiger charge is -2.19. The zero-order valence-electron chi connectivity index (χ0n) is 22.1. The number of carbonyl (C=O) groups excluding carboxylic acids is 3. The van der Waals surface area contributed by atoms with Gasteiger partial charge in [0, 0.05) is 28.7 Å². The Hall–Kier alpha value is -3.81. The molecule has 2 aromatic carbocycles. The summed E-state index contributed by atoms with van der Waals surface area (Å²) in [5.41, 5.74) is 3.33. The number of hydrogen-bond donors (Lipinski definition) is 3. The first-order chi connectivity index (χ1) is 17.8. The largest absolute Gasteiger partial charge is 0.497 e. The highest BCUT2D eigenvalue weighted by molar-refractivity contribution is 5.98. The number of unbranched alkanes of at least 4 members (excludes halogenated alkanes) is 2. The topological polar surface area (TPSA) is 110 Å². The maximum absolute atomic E-state index is 13.2. The number of nitrogens with one attached hydrogen (secondary N) is 3. The van der Waals surface area contributed by atoms with Crippen molar-refractivity contribution in [2.75, 3.05) is 19.0 Å². The highest BCUT2D eigenvalue weighted by atomic mass is 16.5. The quantitative estimate of drug-likeness (QED) is 0.263.